The first-order valence-electron chi connectivity index (χ1n) is 37.3. The van der Waals surface area contributed by atoms with Crippen LogP contribution in [0.3, 0.4) is 0 Å². The maximum Gasteiger partial charge on any atom is 0.326 e. The quantitative estimate of drug-likeness (QED) is 0.0165. The molecule has 5 rings (SSSR count). The summed E-state index contributed by atoms with van der Waals surface area (Å²) in [6.07, 6.45) is 5.85. The van der Waals surface area contributed by atoms with E-state index in [9.17, 15) is 108 Å². The van der Waals surface area contributed by atoms with Gasteiger partial charge < -0.3 is 105 Å². The molecule has 0 radical (unpaired) electrons. The van der Waals surface area contributed by atoms with Gasteiger partial charge in [0.2, 0.25) is 59.1 Å². The van der Waals surface area contributed by atoms with Crippen molar-refractivity contribution >= 4 is 94.9 Å². The van der Waals surface area contributed by atoms with Gasteiger partial charge in [-0.25, -0.2) is 4.79 Å². The van der Waals surface area contributed by atoms with Crippen molar-refractivity contribution in [2.45, 2.75) is 189 Å². The fourth-order valence-electron chi connectivity index (χ4n) is 14.0. The van der Waals surface area contributed by atoms with E-state index in [1.807, 2.05) is 0 Å². The van der Waals surface area contributed by atoms with Crippen molar-refractivity contribution in [2.24, 2.45) is 28.1 Å². The Morgan fingerprint density at radius 2 is 1.07 bits per heavy atom. The molecule has 0 aromatic heterocycles. The Labute approximate surface area is 631 Å². The van der Waals surface area contributed by atoms with Crippen molar-refractivity contribution in [3.63, 3.8) is 0 Å². The first kappa shape index (κ1) is 89.9. The average molecular weight is 1540 g/mol. The van der Waals surface area contributed by atoms with E-state index in [2.05, 4.69) is 42.2 Å². The largest absolute Gasteiger partial charge is 0.480 e. The molecule has 39 heteroatoms. The van der Waals surface area contributed by atoms with E-state index in [0.29, 0.717) is 50.5 Å². The van der Waals surface area contributed by atoms with Crippen molar-refractivity contribution in [1.29, 1.82) is 0 Å². The molecule has 0 bridgehead atoms. The van der Waals surface area contributed by atoms with Gasteiger partial charge in [0, 0.05) is 71.7 Å². The molecule has 1 unspecified atom stereocenters. The molecule has 3 saturated heterocycles. The van der Waals surface area contributed by atoms with Gasteiger partial charge in [-0.15, -0.1) is 0 Å². The Morgan fingerprint density at radius 3 is 1.68 bits per heavy atom. The first-order chi connectivity index (χ1) is 52.0. The van der Waals surface area contributed by atoms with Crippen LogP contribution in [0.4, 0.5) is 0 Å². The molecule has 3 aliphatic heterocycles. The third kappa shape index (κ3) is 31.8. The molecule has 9 atom stereocenters. The number of carboxylic acid groups (broad SMARTS) is 5. The highest BCUT2D eigenvalue weighted by Gasteiger charge is 2.47. The smallest absolute Gasteiger partial charge is 0.326 e. The topological polar surface area (TPSA) is 592 Å². The Balaban J connectivity index is 1.17. The van der Waals surface area contributed by atoms with E-state index in [1.54, 1.807) is 30.3 Å². The number of aliphatic imine (C=N–C) groups is 1. The van der Waals surface area contributed by atoms with Crippen molar-refractivity contribution in [3.05, 3.63) is 35.9 Å². The number of aliphatic hydroxyl groups is 2. The van der Waals surface area contributed by atoms with Gasteiger partial charge in [0.1, 0.15) is 48.3 Å². The molecule has 1 aromatic carbocycles. The van der Waals surface area contributed by atoms with E-state index in [4.69, 9.17) is 17.2 Å². The van der Waals surface area contributed by atoms with Gasteiger partial charge in [-0.2, -0.15) is 0 Å². The van der Waals surface area contributed by atoms with Crippen LogP contribution in [0.15, 0.2) is 35.3 Å². The summed E-state index contributed by atoms with van der Waals surface area (Å²) >= 11 is 0. The Kier molecular flexibility index (Phi) is 39.0. The summed E-state index contributed by atoms with van der Waals surface area (Å²) in [6.45, 7) is -4.39. The number of carbonyl (C=O) groups excluding carboxylic acids is 10. The van der Waals surface area contributed by atoms with Gasteiger partial charge >= 0.3 is 29.8 Å². The first-order valence-corrected chi connectivity index (χ1v) is 37.3. The zero-order valence-corrected chi connectivity index (χ0v) is 61.6. The molecular weight excluding hydrogens is 1430 g/mol. The second-order valence-corrected chi connectivity index (χ2v) is 28.0. The number of aliphatic hydroxyl groups excluding tert-OH is 2. The van der Waals surface area contributed by atoms with Crippen LogP contribution in [0.5, 0.6) is 0 Å². The molecule has 1 aliphatic carbocycles. The fourth-order valence-corrected chi connectivity index (χ4v) is 14.0. The van der Waals surface area contributed by atoms with Crippen LogP contribution in [0, 0.1) is 5.92 Å². The highest BCUT2D eigenvalue weighted by atomic mass is 16.4. The van der Waals surface area contributed by atoms with E-state index in [0.717, 1.165) is 41.9 Å². The molecule has 1 aromatic rings. The molecule has 39 nitrogen and oxygen atoms in total. The number of likely N-dealkylation sites (tertiary alicyclic amines) is 3. The summed E-state index contributed by atoms with van der Waals surface area (Å²) in [5, 5.41) is 87.5. The minimum absolute atomic E-state index is 0.0296. The fraction of sp³-hybridized carbons (Fsp3) is 0.686. The van der Waals surface area contributed by atoms with Gasteiger partial charge in [-0.05, 0) is 101 Å². The monoisotopic (exact) mass is 1540 g/mol. The molecule has 3 heterocycles. The Morgan fingerprint density at radius 1 is 0.514 bits per heavy atom. The molecule has 1 saturated carbocycles. The van der Waals surface area contributed by atoms with Gasteiger partial charge in [-0.1, -0.05) is 68.9 Å². The number of hydrogen-bond donors (Lipinski definition) is 17. The number of hydrogen-bond acceptors (Lipinski definition) is 22. The highest BCUT2D eigenvalue weighted by Crippen LogP contribution is 2.29. The summed E-state index contributed by atoms with van der Waals surface area (Å²) in [4.78, 5) is 209. The molecule has 20 N–H and O–H groups in total. The van der Waals surface area contributed by atoms with Crippen LogP contribution in [-0.4, -0.2) is 326 Å². The van der Waals surface area contributed by atoms with Gasteiger partial charge in [0.15, 0.2) is 5.96 Å². The second kappa shape index (κ2) is 47.3. The van der Waals surface area contributed by atoms with Gasteiger partial charge in [-0.3, -0.25) is 86.8 Å². The standard InChI is InChI=1S/C70H111N17O22/c71-25-10-9-19-46(77-54(90)23-8-3-11-26-74-56(92)38-83(40-58(95)96)33-31-82(39-57(93)94)32-34-84(41-59(97)98)42-60(99)100)62(101)79-47(20-12-27-75-70(72)73)66(105)86-29-14-22-52(86)68(107)87-30-24-53(89)61(87)65(104)76-37-55(91)78-48(35-44-15-4-1-5-16-44)63(102)81-50(43-88)67(106)85-28-13-21-51(85)64(103)80-49(69(108)109)36-45-17-6-2-7-18-45/h2,6-7,17-18,44,46-53,61,88-89H,1,3-5,8-16,19-43,71H2,(H,74,92)(H,76,104)(H,77,90)(H,78,91)(H,79,101)(H,80,103)(H,81,102)(H,93,94)(H,95,96)(H,97,98)(H,99,100)(H,108,109)(H4,72,73,75)/t46-,47-,48-,49+,50-,51-,52-,53?,61-/m0/s1. The number of carboxylic acids is 5. The lowest BCUT2D eigenvalue weighted by atomic mass is 9.84. The zero-order valence-electron chi connectivity index (χ0n) is 61.6. The van der Waals surface area contributed by atoms with Crippen LogP contribution in [0.25, 0.3) is 0 Å². The molecule has 109 heavy (non-hydrogen) atoms. The normalized spacial score (nSPS) is 18.5. The van der Waals surface area contributed by atoms with Crippen molar-refractivity contribution in [1.82, 2.24) is 66.6 Å². The lowest BCUT2D eigenvalue weighted by Gasteiger charge is -2.33. The van der Waals surface area contributed by atoms with Crippen molar-refractivity contribution in [2.75, 3.05) is 111 Å². The molecule has 4 aliphatic rings. The Hall–Kier alpha value is -9.70. The third-order valence-corrected chi connectivity index (χ3v) is 19.5. The van der Waals surface area contributed by atoms with Crippen LogP contribution >= 0.6 is 0 Å². The number of rotatable bonds is 50. The number of nitrogens with zero attached hydrogens (tertiary/aromatic N) is 7. The molecule has 10 amide bonds. The molecule has 0 spiro atoms. The predicted octanol–water partition coefficient (Wildman–Crippen LogP) is -5.14. The minimum Gasteiger partial charge on any atom is -0.480 e. The number of nitrogens with two attached hydrogens (primary N) is 3. The number of benzene rings is 1. The number of amides is 10. The molecule has 4 fully saturated rings. The Bertz CT molecular complexity index is 3260. The van der Waals surface area contributed by atoms with Crippen molar-refractivity contribution in [3.8, 4) is 0 Å². The SMILES string of the molecule is NCCCC[C@H](NC(=O)CCCCCNC(=O)CN(CCN(CCN(CC(=O)O)CC(=O)O)CC(=O)O)CC(=O)O)C(=O)N[C@@H](CCCN=C(N)N)C(=O)N1CCC[C@H]1C(=O)N1CCC(O)[C@H]1C(=O)NCC(=O)N[C@@H](CC1CCCCC1)C(=O)N[C@@H](CO)C(=O)N1CCC[C@H]1C(=O)N[C@H](Cc1ccccc1)C(=O)O. The zero-order chi connectivity index (χ0) is 80.1. The predicted molar refractivity (Wildman–Crippen MR) is 388 cm³/mol. The van der Waals surface area contributed by atoms with Gasteiger partial charge in [0.25, 0.3) is 0 Å². The molecular formula is C70H111N17O22. The average Bonchev–Trinajstić information content (AvgIpc) is 1.66. The number of nitrogens with one attached hydrogen (secondary N) is 7. The van der Waals surface area contributed by atoms with Crippen LogP contribution < -0.4 is 54.4 Å². The second-order valence-electron chi connectivity index (χ2n) is 28.0. The number of aliphatic carboxylic acids is 5. The maximum atomic E-state index is 14.8. The van der Waals surface area contributed by atoms with Crippen molar-refractivity contribution < 1.29 is 108 Å². The maximum absolute atomic E-state index is 14.8. The highest BCUT2D eigenvalue weighted by molar-refractivity contribution is 5.99. The van der Waals surface area contributed by atoms with Crippen LogP contribution in [-0.2, 0) is 78.3 Å². The summed E-state index contributed by atoms with van der Waals surface area (Å²) in [7, 11) is 0. The van der Waals surface area contributed by atoms with Crippen LogP contribution in [0.1, 0.15) is 134 Å². The summed E-state index contributed by atoms with van der Waals surface area (Å²) in [5.41, 5.74) is 17.6. The van der Waals surface area contributed by atoms with E-state index in [1.165, 1.54) is 19.6 Å². The third-order valence-electron chi connectivity index (χ3n) is 19.5. The lowest BCUT2D eigenvalue weighted by molar-refractivity contribution is -0.149. The lowest BCUT2D eigenvalue weighted by Crippen LogP contribution is -2.59. The van der Waals surface area contributed by atoms with E-state index < -0.39 is 189 Å². The van der Waals surface area contributed by atoms with E-state index >= 15 is 0 Å². The number of unbranched alkanes of at least 4 members (excludes halogenated alkanes) is 3. The number of carbonyl (C=O) groups is 15. The van der Waals surface area contributed by atoms with E-state index in [-0.39, 0.29) is 135 Å². The van der Waals surface area contributed by atoms with Gasteiger partial charge in [0.05, 0.1) is 52.0 Å². The molecule has 608 valence electrons. The summed E-state index contributed by atoms with van der Waals surface area (Å²) < 4.78 is 0. The number of guanidine groups is 1. The van der Waals surface area contributed by atoms with Crippen LogP contribution in [0.2, 0.25) is 0 Å². The summed E-state index contributed by atoms with van der Waals surface area (Å²) in [6, 6.07) is -1.86. The summed E-state index contributed by atoms with van der Waals surface area (Å²) in [5.74, 6) is -14.0. The minimum atomic E-state index is -1.58.